The molecule has 4 heteroatoms. The van der Waals surface area contributed by atoms with E-state index in [1.54, 1.807) is 11.8 Å². The van der Waals surface area contributed by atoms with Gasteiger partial charge in [0, 0.05) is 10.9 Å². The van der Waals surface area contributed by atoms with Crippen molar-refractivity contribution < 1.29 is 9.53 Å². The third kappa shape index (κ3) is 4.06. The number of nitrogens with one attached hydrogen (secondary N) is 1. The predicted molar refractivity (Wildman–Crippen MR) is 71.3 cm³/mol. The number of esters is 1. The summed E-state index contributed by atoms with van der Waals surface area (Å²) in [5.74, 6) is -0.254. The van der Waals surface area contributed by atoms with Crippen LogP contribution in [-0.4, -0.2) is 25.4 Å². The Kier molecular flexibility index (Phi) is 5.51. The number of benzene rings is 1. The van der Waals surface area contributed by atoms with Gasteiger partial charge in [-0.2, -0.15) is 0 Å². The van der Waals surface area contributed by atoms with E-state index in [4.69, 9.17) is 4.74 Å². The van der Waals surface area contributed by atoms with Gasteiger partial charge in [-0.05, 0) is 37.8 Å². The quantitative estimate of drug-likeness (QED) is 0.646. The van der Waals surface area contributed by atoms with Gasteiger partial charge in [-0.1, -0.05) is 12.1 Å². The van der Waals surface area contributed by atoms with Gasteiger partial charge in [0.2, 0.25) is 0 Å². The second kappa shape index (κ2) is 6.67. The molecule has 1 rings (SSSR count). The summed E-state index contributed by atoms with van der Waals surface area (Å²) in [5, 5.41) is 3.20. The first-order chi connectivity index (χ1) is 8.08. The third-order valence-electron chi connectivity index (χ3n) is 2.39. The van der Waals surface area contributed by atoms with Gasteiger partial charge in [-0.25, -0.2) is 4.79 Å². The molecule has 0 saturated carbocycles. The van der Waals surface area contributed by atoms with Crippen LogP contribution in [0.25, 0.3) is 0 Å². The zero-order valence-corrected chi connectivity index (χ0v) is 11.5. The summed E-state index contributed by atoms with van der Waals surface area (Å²) in [7, 11) is 1.41. The van der Waals surface area contributed by atoms with Crippen LogP contribution >= 0.6 is 11.8 Å². The average molecular weight is 253 g/mol. The molecule has 1 unspecified atom stereocenters. The van der Waals surface area contributed by atoms with Gasteiger partial charge in [0.1, 0.15) is 6.04 Å². The molecule has 1 atom stereocenters. The van der Waals surface area contributed by atoms with E-state index in [9.17, 15) is 4.79 Å². The zero-order valence-electron chi connectivity index (χ0n) is 10.7. The van der Waals surface area contributed by atoms with Crippen molar-refractivity contribution in [3.8, 4) is 0 Å². The fourth-order valence-corrected chi connectivity index (χ4v) is 1.96. The van der Waals surface area contributed by atoms with Gasteiger partial charge in [0.25, 0.3) is 0 Å². The van der Waals surface area contributed by atoms with Crippen molar-refractivity contribution in [1.29, 1.82) is 0 Å². The monoisotopic (exact) mass is 253 g/mol. The molecule has 0 aliphatic rings. The summed E-state index contributed by atoms with van der Waals surface area (Å²) < 4.78 is 4.82. The zero-order chi connectivity index (χ0) is 12.8. The van der Waals surface area contributed by atoms with Gasteiger partial charge in [0.05, 0.1) is 7.11 Å². The Balaban J connectivity index is 2.91. The molecule has 17 heavy (non-hydrogen) atoms. The largest absolute Gasteiger partial charge is 0.468 e. The van der Waals surface area contributed by atoms with Crippen molar-refractivity contribution in [3.05, 3.63) is 29.8 Å². The summed E-state index contributed by atoms with van der Waals surface area (Å²) in [4.78, 5) is 12.9. The molecular formula is C13H19NO2S. The lowest BCUT2D eigenvalue weighted by Gasteiger charge is -2.19. The number of hydrogen-bond acceptors (Lipinski definition) is 4. The molecule has 0 aromatic heterocycles. The molecule has 0 heterocycles. The first-order valence-electron chi connectivity index (χ1n) is 5.56. The van der Waals surface area contributed by atoms with Crippen LogP contribution in [0.3, 0.4) is 0 Å². The Morgan fingerprint density at radius 2 is 1.88 bits per heavy atom. The van der Waals surface area contributed by atoms with E-state index < -0.39 is 6.04 Å². The Labute approximate surface area is 107 Å². The van der Waals surface area contributed by atoms with Crippen LogP contribution in [-0.2, 0) is 9.53 Å². The highest BCUT2D eigenvalue weighted by atomic mass is 32.2. The fraction of sp³-hybridized carbons (Fsp3) is 0.462. The molecule has 0 saturated heterocycles. The molecule has 0 spiro atoms. The van der Waals surface area contributed by atoms with E-state index in [0.717, 1.165) is 5.56 Å². The molecule has 1 aromatic carbocycles. The molecule has 94 valence electrons. The lowest BCUT2D eigenvalue weighted by atomic mass is 10.1. The van der Waals surface area contributed by atoms with E-state index in [1.165, 1.54) is 12.0 Å². The SMILES string of the molecule is COC(=O)C(NC(C)C)c1ccc(SC)cc1. The third-order valence-corrected chi connectivity index (χ3v) is 3.13. The summed E-state index contributed by atoms with van der Waals surface area (Å²) in [6.45, 7) is 4.01. The minimum absolute atomic E-state index is 0.222. The van der Waals surface area contributed by atoms with E-state index in [0.29, 0.717) is 0 Å². The normalized spacial score (nSPS) is 12.5. The fourth-order valence-electron chi connectivity index (χ4n) is 1.55. The van der Waals surface area contributed by atoms with Crippen molar-refractivity contribution in [1.82, 2.24) is 5.32 Å². The number of thioether (sulfide) groups is 1. The maximum Gasteiger partial charge on any atom is 0.327 e. The number of rotatable bonds is 5. The molecule has 0 aliphatic heterocycles. The Morgan fingerprint density at radius 3 is 2.29 bits per heavy atom. The average Bonchev–Trinajstić information content (AvgIpc) is 2.35. The highest BCUT2D eigenvalue weighted by molar-refractivity contribution is 7.98. The van der Waals surface area contributed by atoms with Gasteiger partial charge < -0.3 is 4.74 Å². The molecule has 0 amide bonds. The van der Waals surface area contributed by atoms with Crippen molar-refractivity contribution in [2.75, 3.05) is 13.4 Å². The van der Waals surface area contributed by atoms with E-state index >= 15 is 0 Å². The number of ether oxygens (including phenoxy) is 1. The Morgan fingerprint density at radius 1 is 1.29 bits per heavy atom. The van der Waals surface area contributed by atoms with Crippen LogP contribution in [0, 0.1) is 0 Å². The highest BCUT2D eigenvalue weighted by Crippen LogP contribution is 2.20. The molecule has 3 nitrogen and oxygen atoms in total. The lowest BCUT2D eigenvalue weighted by molar-refractivity contribution is -0.143. The van der Waals surface area contributed by atoms with Gasteiger partial charge in [0.15, 0.2) is 0 Å². The van der Waals surface area contributed by atoms with Crippen LogP contribution in [0.5, 0.6) is 0 Å². The highest BCUT2D eigenvalue weighted by Gasteiger charge is 2.21. The van der Waals surface area contributed by atoms with Gasteiger partial charge in [-0.3, -0.25) is 5.32 Å². The first kappa shape index (κ1) is 14.1. The number of hydrogen-bond donors (Lipinski definition) is 1. The Hall–Kier alpha value is -1.00. The summed E-state index contributed by atoms with van der Waals surface area (Å²) >= 11 is 1.68. The Bertz CT molecular complexity index is 362. The second-order valence-corrected chi connectivity index (χ2v) is 4.93. The molecule has 0 aliphatic carbocycles. The smallest absolute Gasteiger partial charge is 0.327 e. The van der Waals surface area contributed by atoms with Crippen LogP contribution in [0.4, 0.5) is 0 Å². The molecule has 1 N–H and O–H groups in total. The van der Waals surface area contributed by atoms with Crippen molar-refractivity contribution in [3.63, 3.8) is 0 Å². The van der Waals surface area contributed by atoms with Crippen molar-refractivity contribution in [2.24, 2.45) is 0 Å². The summed E-state index contributed by atoms with van der Waals surface area (Å²) in [5.41, 5.74) is 0.934. The number of carbonyl (C=O) groups excluding carboxylic acids is 1. The van der Waals surface area contributed by atoms with E-state index in [1.807, 2.05) is 44.4 Å². The van der Waals surface area contributed by atoms with E-state index in [2.05, 4.69) is 5.32 Å². The number of carbonyl (C=O) groups is 1. The van der Waals surface area contributed by atoms with E-state index in [-0.39, 0.29) is 12.0 Å². The maximum atomic E-state index is 11.7. The maximum absolute atomic E-state index is 11.7. The standard InChI is InChI=1S/C13H19NO2S/c1-9(2)14-12(13(15)16-3)10-5-7-11(17-4)8-6-10/h5-9,12,14H,1-4H3. The minimum atomic E-state index is -0.393. The summed E-state index contributed by atoms with van der Waals surface area (Å²) in [6.07, 6.45) is 2.03. The molecule has 0 radical (unpaired) electrons. The van der Waals surface area contributed by atoms with Crippen molar-refractivity contribution >= 4 is 17.7 Å². The minimum Gasteiger partial charge on any atom is -0.468 e. The van der Waals surface area contributed by atoms with Gasteiger partial charge in [-0.15, -0.1) is 11.8 Å². The van der Waals surface area contributed by atoms with Crippen molar-refractivity contribution in [2.45, 2.75) is 30.8 Å². The first-order valence-corrected chi connectivity index (χ1v) is 6.78. The lowest BCUT2D eigenvalue weighted by Crippen LogP contribution is -2.34. The number of methoxy groups -OCH3 is 1. The molecule has 0 bridgehead atoms. The molecular weight excluding hydrogens is 234 g/mol. The van der Waals surface area contributed by atoms with Gasteiger partial charge >= 0.3 is 5.97 Å². The van der Waals surface area contributed by atoms with Crippen LogP contribution in [0.15, 0.2) is 29.2 Å². The summed E-state index contributed by atoms with van der Waals surface area (Å²) in [6, 6.07) is 7.77. The van der Waals surface area contributed by atoms with Crippen LogP contribution in [0.2, 0.25) is 0 Å². The molecule has 0 fully saturated rings. The van der Waals surface area contributed by atoms with Crippen LogP contribution < -0.4 is 5.32 Å². The molecule has 1 aromatic rings. The van der Waals surface area contributed by atoms with Crippen LogP contribution in [0.1, 0.15) is 25.5 Å². The predicted octanol–water partition coefficient (Wildman–Crippen LogP) is 2.62. The topological polar surface area (TPSA) is 38.3 Å². The second-order valence-electron chi connectivity index (χ2n) is 4.05.